The van der Waals surface area contributed by atoms with Gasteiger partial charge in [-0.3, -0.25) is 14.9 Å². The Morgan fingerprint density at radius 1 is 1.18 bits per heavy atom. The SMILES string of the molecule is CC[C@H](CNC(=O)[C@H](C)OC(=O)c1ccc([N+](=O)[O-])c(C)c1)c1ccccc1. The Kier molecular flexibility index (Phi) is 7.26. The van der Waals surface area contributed by atoms with Gasteiger partial charge in [-0.05, 0) is 38.0 Å². The Morgan fingerprint density at radius 3 is 2.43 bits per heavy atom. The number of carbonyl (C=O) groups is 2. The van der Waals surface area contributed by atoms with E-state index < -0.39 is 17.0 Å². The van der Waals surface area contributed by atoms with Crippen molar-refractivity contribution in [2.45, 2.75) is 39.2 Å². The first-order chi connectivity index (χ1) is 13.3. The Bertz CT molecular complexity index is 851. The molecule has 0 bridgehead atoms. The van der Waals surface area contributed by atoms with Gasteiger partial charge in [0.15, 0.2) is 6.10 Å². The second-order valence-electron chi connectivity index (χ2n) is 6.57. The number of rotatable bonds is 8. The molecular weight excluding hydrogens is 360 g/mol. The lowest BCUT2D eigenvalue weighted by Crippen LogP contribution is -2.38. The highest BCUT2D eigenvalue weighted by Crippen LogP contribution is 2.20. The van der Waals surface area contributed by atoms with Crippen LogP contribution in [0.2, 0.25) is 0 Å². The normalized spacial score (nSPS) is 12.7. The van der Waals surface area contributed by atoms with Crippen molar-refractivity contribution in [3.8, 4) is 0 Å². The van der Waals surface area contributed by atoms with Crippen molar-refractivity contribution in [2.75, 3.05) is 6.54 Å². The van der Waals surface area contributed by atoms with Crippen molar-refractivity contribution in [1.29, 1.82) is 0 Å². The van der Waals surface area contributed by atoms with E-state index in [-0.39, 0.29) is 23.1 Å². The van der Waals surface area contributed by atoms with Gasteiger partial charge in [0, 0.05) is 24.1 Å². The molecular formula is C21H24N2O5. The van der Waals surface area contributed by atoms with Crippen LogP contribution in [0, 0.1) is 17.0 Å². The average Bonchev–Trinajstić information content (AvgIpc) is 2.68. The number of hydrogen-bond acceptors (Lipinski definition) is 5. The van der Waals surface area contributed by atoms with Gasteiger partial charge >= 0.3 is 5.97 Å². The van der Waals surface area contributed by atoms with E-state index in [1.165, 1.54) is 25.1 Å². The zero-order chi connectivity index (χ0) is 20.7. The fourth-order valence-corrected chi connectivity index (χ4v) is 2.86. The molecule has 2 aromatic carbocycles. The number of amides is 1. The largest absolute Gasteiger partial charge is 0.449 e. The molecule has 1 amide bonds. The Hall–Kier alpha value is -3.22. The second kappa shape index (κ2) is 9.64. The van der Waals surface area contributed by atoms with E-state index in [9.17, 15) is 19.7 Å². The number of nitrogens with zero attached hydrogens (tertiary/aromatic N) is 1. The van der Waals surface area contributed by atoms with Gasteiger partial charge in [0.25, 0.3) is 11.6 Å². The summed E-state index contributed by atoms with van der Waals surface area (Å²) < 4.78 is 5.20. The minimum absolute atomic E-state index is 0.0751. The molecule has 28 heavy (non-hydrogen) atoms. The molecule has 2 rings (SSSR count). The molecule has 0 fully saturated rings. The first-order valence-corrected chi connectivity index (χ1v) is 9.12. The van der Waals surface area contributed by atoms with Crippen molar-refractivity contribution >= 4 is 17.6 Å². The van der Waals surface area contributed by atoms with Gasteiger partial charge in [0.2, 0.25) is 0 Å². The van der Waals surface area contributed by atoms with Crippen LogP contribution < -0.4 is 5.32 Å². The predicted molar refractivity (Wildman–Crippen MR) is 105 cm³/mol. The van der Waals surface area contributed by atoms with E-state index in [1.807, 2.05) is 37.3 Å². The number of aryl methyl sites for hydroxylation is 1. The highest BCUT2D eigenvalue weighted by Gasteiger charge is 2.21. The smallest absolute Gasteiger partial charge is 0.338 e. The van der Waals surface area contributed by atoms with E-state index in [0.29, 0.717) is 12.1 Å². The highest BCUT2D eigenvalue weighted by molar-refractivity contribution is 5.92. The number of hydrogen-bond donors (Lipinski definition) is 1. The lowest BCUT2D eigenvalue weighted by atomic mass is 9.96. The van der Waals surface area contributed by atoms with Crippen LogP contribution in [0.5, 0.6) is 0 Å². The molecule has 2 atom stereocenters. The van der Waals surface area contributed by atoms with Crippen molar-refractivity contribution in [3.05, 3.63) is 75.3 Å². The summed E-state index contributed by atoms with van der Waals surface area (Å²) >= 11 is 0. The highest BCUT2D eigenvalue weighted by atomic mass is 16.6. The van der Waals surface area contributed by atoms with Gasteiger partial charge in [0.1, 0.15) is 0 Å². The van der Waals surface area contributed by atoms with Crippen LogP contribution in [-0.2, 0) is 9.53 Å². The summed E-state index contributed by atoms with van der Waals surface area (Å²) in [6.45, 7) is 5.52. The quantitative estimate of drug-likeness (QED) is 0.424. The standard InChI is InChI=1S/C21H24N2O5/c1-4-16(17-8-6-5-7-9-17)13-22-20(24)15(3)28-21(25)18-10-11-19(23(26)27)14(2)12-18/h5-12,15-16H,4,13H2,1-3H3,(H,22,24)/t15-,16+/m0/s1. The zero-order valence-corrected chi connectivity index (χ0v) is 16.2. The zero-order valence-electron chi connectivity index (χ0n) is 16.2. The van der Waals surface area contributed by atoms with Crippen LogP contribution in [-0.4, -0.2) is 29.4 Å². The van der Waals surface area contributed by atoms with E-state index >= 15 is 0 Å². The molecule has 0 aliphatic rings. The minimum atomic E-state index is -0.976. The fraction of sp³-hybridized carbons (Fsp3) is 0.333. The van der Waals surface area contributed by atoms with E-state index in [0.717, 1.165) is 12.0 Å². The van der Waals surface area contributed by atoms with Gasteiger partial charge in [-0.15, -0.1) is 0 Å². The third-order valence-electron chi connectivity index (χ3n) is 4.57. The first kappa shape index (κ1) is 21.1. The summed E-state index contributed by atoms with van der Waals surface area (Å²) in [6.07, 6.45) is -0.114. The third-order valence-corrected chi connectivity index (χ3v) is 4.57. The summed E-state index contributed by atoms with van der Waals surface area (Å²) in [5, 5.41) is 13.7. The Labute approximate surface area is 163 Å². The molecule has 0 heterocycles. The molecule has 0 spiro atoms. The monoisotopic (exact) mass is 384 g/mol. The minimum Gasteiger partial charge on any atom is -0.449 e. The molecule has 0 aliphatic heterocycles. The second-order valence-corrected chi connectivity index (χ2v) is 6.57. The van der Waals surface area contributed by atoms with Gasteiger partial charge in [-0.25, -0.2) is 4.79 Å². The van der Waals surface area contributed by atoms with E-state index in [4.69, 9.17) is 4.74 Å². The molecule has 0 aliphatic carbocycles. The van der Waals surface area contributed by atoms with Crippen molar-refractivity contribution < 1.29 is 19.2 Å². The number of benzene rings is 2. The summed E-state index contributed by atoms with van der Waals surface area (Å²) in [6, 6.07) is 13.8. The Morgan fingerprint density at radius 2 is 1.86 bits per heavy atom. The van der Waals surface area contributed by atoms with Gasteiger partial charge in [-0.1, -0.05) is 37.3 Å². The molecule has 0 radical (unpaired) electrons. The maximum atomic E-state index is 12.3. The Balaban J connectivity index is 1.93. The number of carbonyl (C=O) groups excluding carboxylic acids is 2. The number of esters is 1. The molecule has 1 N–H and O–H groups in total. The number of nitro groups is 1. The van der Waals surface area contributed by atoms with Crippen LogP contribution in [0.15, 0.2) is 48.5 Å². The molecule has 0 aromatic heterocycles. The molecule has 148 valence electrons. The maximum absolute atomic E-state index is 12.3. The topological polar surface area (TPSA) is 98.5 Å². The molecule has 0 unspecified atom stereocenters. The summed E-state index contributed by atoms with van der Waals surface area (Å²) in [4.78, 5) is 34.9. The fourth-order valence-electron chi connectivity index (χ4n) is 2.86. The molecule has 7 heteroatoms. The molecule has 7 nitrogen and oxygen atoms in total. The van der Waals surface area contributed by atoms with Gasteiger partial charge in [-0.2, -0.15) is 0 Å². The van der Waals surface area contributed by atoms with Crippen molar-refractivity contribution in [1.82, 2.24) is 5.32 Å². The van der Waals surface area contributed by atoms with Gasteiger partial charge < -0.3 is 10.1 Å². The lowest BCUT2D eigenvalue weighted by Gasteiger charge is -2.18. The predicted octanol–water partition coefficient (Wildman–Crippen LogP) is 3.76. The first-order valence-electron chi connectivity index (χ1n) is 9.12. The summed E-state index contributed by atoms with van der Waals surface area (Å²) in [5.74, 6) is -0.914. The van der Waals surface area contributed by atoms with E-state index in [1.54, 1.807) is 6.92 Å². The molecule has 2 aromatic rings. The summed E-state index contributed by atoms with van der Waals surface area (Å²) in [7, 11) is 0. The molecule has 0 saturated heterocycles. The van der Waals surface area contributed by atoms with Crippen LogP contribution in [0.4, 0.5) is 5.69 Å². The van der Waals surface area contributed by atoms with Crippen molar-refractivity contribution in [3.63, 3.8) is 0 Å². The van der Waals surface area contributed by atoms with Crippen molar-refractivity contribution in [2.24, 2.45) is 0 Å². The average molecular weight is 384 g/mol. The van der Waals surface area contributed by atoms with E-state index in [2.05, 4.69) is 5.32 Å². The lowest BCUT2D eigenvalue weighted by molar-refractivity contribution is -0.385. The van der Waals surface area contributed by atoms with Gasteiger partial charge in [0.05, 0.1) is 10.5 Å². The number of ether oxygens (including phenoxy) is 1. The molecule has 0 saturated carbocycles. The third kappa shape index (κ3) is 5.39. The number of nitrogens with one attached hydrogen (secondary N) is 1. The number of nitro benzene ring substituents is 1. The van der Waals surface area contributed by atoms with Crippen LogP contribution in [0.1, 0.15) is 47.7 Å². The summed E-state index contributed by atoms with van der Waals surface area (Å²) in [5.41, 5.74) is 1.58. The maximum Gasteiger partial charge on any atom is 0.338 e. The van der Waals surface area contributed by atoms with Crippen LogP contribution in [0.25, 0.3) is 0 Å². The van der Waals surface area contributed by atoms with Crippen LogP contribution >= 0.6 is 0 Å². The van der Waals surface area contributed by atoms with Crippen LogP contribution in [0.3, 0.4) is 0 Å².